The van der Waals surface area contributed by atoms with Crippen LogP contribution in [0.2, 0.25) is 0 Å². The van der Waals surface area contributed by atoms with Gasteiger partial charge in [-0.2, -0.15) is 5.10 Å². The summed E-state index contributed by atoms with van der Waals surface area (Å²) in [5.74, 6) is 0.658. The molecule has 3 nitrogen and oxygen atoms in total. The molecule has 114 valence electrons. The third-order valence-corrected chi connectivity index (χ3v) is 5.90. The van der Waals surface area contributed by atoms with Crippen LogP contribution in [0.5, 0.6) is 0 Å². The van der Waals surface area contributed by atoms with E-state index in [-0.39, 0.29) is 0 Å². The molecule has 22 heavy (non-hydrogen) atoms. The minimum Gasteiger partial charge on any atom is -0.217 e. The first-order valence-electron chi connectivity index (χ1n) is 8.14. The molecule has 1 saturated carbocycles. The van der Waals surface area contributed by atoms with Crippen LogP contribution in [0.25, 0.3) is 16.2 Å². The third-order valence-electron chi connectivity index (χ3n) is 4.82. The van der Waals surface area contributed by atoms with E-state index in [0.29, 0.717) is 5.92 Å². The Morgan fingerprint density at radius 2 is 1.91 bits per heavy atom. The van der Waals surface area contributed by atoms with Crippen molar-refractivity contribution < 1.29 is 0 Å². The number of imidazole rings is 1. The smallest absolute Gasteiger partial charge is 0.212 e. The van der Waals surface area contributed by atoms with Crippen LogP contribution >= 0.6 is 11.3 Å². The summed E-state index contributed by atoms with van der Waals surface area (Å²) >= 11 is 1.77. The van der Waals surface area contributed by atoms with Gasteiger partial charge in [0.1, 0.15) is 5.01 Å². The Balaban J connectivity index is 1.66. The Morgan fingerprint density at radius 1 is 1.09 bits per heavy atom. The summed E-state index contributed by atoms with van der Waals surface area (Å²) in [6, 6.07) is 6.53. The van der Waals surface area contributed by atoms with Crippen LogP contribution in [-0.4, -0.2) is 14.6 Å². The molecule has 2 heterocycles. The van der Waals surface area contributed by atoms with Crippen molar-refractivity contribution in [2.24, 2.45) is 0 Å². The Labute approximate surface area is 135 Å². The van der Waals surface area contributed by atoms with Crippen LogP contribution < -0.4 is 0 Å². The van der Waals surface area contributed by atoms with Crippen molar-refractivity contribution in [3.8, 4) is 11.3 Å². The molecule has 1 aromatic carbocycles. The lowest BCUT2D eigenvalue weighted by atomic mass is 9.90. The van der Waals surface area contributed by atoms with Gasteiger partial charge in [0, 0.05) is 11.5 Å². The minimum absolute atomic E-state index is 0.658. The molecule has 3 aromatic rings. The van der Waals surface area contributed by atoms with E-state index >= 15 is 0 Å². The summed E-state index contributed by atoms with van der Waals surface area (Å²) in [6.45, 7) is 4.29. The molecule has 0 radical (unpaired) electrons. The summed E-state index contributed by atoms with van der Waals surface area (Å²) in [7, 11) is 0. The summed E-state index contributed by atoms with van der Waals surface area (Å²) in [4.78, 5) is 5.81. The maximum Gasteiger partial charge on any atom is 0.212 e. The fraction of sp³-hybridized carbons (Fsp3) is 0.444. The molecule has 0 saturated heterocycles. The summed E-state index contributed by atoms with van der Waals surface area (Å²) < 4.78 is 1.97. The first-order valence-corrected chi connectivity index (χ1v) is 8.96. The van der Waals surface area contributed by atoms with E-state index in [1.807, 2.05) is 4.52 Å². The van der Waals surface area contributed by atoms with Crippen molar-refractivity contribution in [2.45, 2.75) is 51.9 Å². The van der Waals surface area contributed by atoms with Crippen LogP contribution in [0.3, 0.4) is 0 Å². The van der Waals surface area contributed by atoms with Gasteiger partial charge in [0.25, 0.3) is 0 Å². The fourth-order valence-electron chi connectivity index (χ4n) is 3.27. The van der Waals surface area contributed by atoms with Gasteiger partial charge in [0.15, 0.2) is 0 Å². The second kappa shape index (κ2) is 5.51. The molecule has 2 aromatic heterocycles. The number of nitrogens with zero attached hydrogens (tertiary/aromatic N) is 3. The van der Waals surface area contributed by atoms with Gasteiger partial charge in [0.2, 0.25) is 4.96 Å². The number of aromatic nitrogens is 3. The number of hydrogen-bond acceptors (Lipinski definition) is 3. The highest BCUT2D eigenvalue weighted by Crippen LogP contribution is 2.35. The van der Waals surface area contributed by atoms with E-state index in [1.165, 1.54) is 53.8 Å². The quantitative estimate of drug-likeness (QED) is 0.657. The number of aryl methyl sites for hydroxylation is 2. The van der Waals surface area contributed by atoms with Gasteiger partial charge >= 0.3 is 0 Å². The normalized spacial score (nSPS) is 16.5. The van der Waals surface area contributed by atoms with Crippen molar-refractivity contribution in [2.75, 3.05) is 0 Å². The fourth-order valence-corrected chi connectivity index (χ4v) is 4.32. The molecule has 4 heteroatoms. The van der Waals surface area contributed by atoms with Crippen molar-refractivity contribution >= 4 is 16.3 Å². The second-order valence-electron chi connectivity index (χ2n) is 6.43. The molecule has 0 unspecified atom stereocenters. The van der Waals surface area contributed by atoms with Crippen molar-refractivity contribution in [3.63, 3.8) is 0 Å². The first-order chi connectivity index (χ1) is 10.7. The molecular weight excluding hydrogens is 290 g/mol. The van der Waals surface area contributed by atoms with Crippen LogP contribution in [0.1, 0.15) is 54.2 Å². The molecule has 0 aliphatic heterocycles. The van der Waals surface area contributed by atoms with E-state index < -0.39 is 0 Å². The van der Waals surface area contributed by atoms with Crippen molar-refractivity contribution in [1.82, 2.24) is 14.6 Å². The van der Waals surface area contributed by atoms with Gasteiger partial charge in [-0.15, -0.1) is 0 Å². The van der Waals surface area contributed by atoms with Gasteiger partial charge in [-0.05, 0) is 43.9 Å². The maximum atomic E-state index is 4.80. The molecule has 1 aliphatic carbocycles. The monoisotopic (exact) mass is 311 g/mol. The predicted octanol–water partition coefficient (Wildman–Crippen LogP) is 5.12. The Kier molecular flexibility index (Phi) is 3.49. The molecule has 4 rings (SSSR count). The zero-order valence-electron chi connectivity index (χ0n) is 13.2. The molecule has 1 aliphatic rings. The zero-order valence-corrected chi connectivity index (χ0v) is 14.0. The summed E-state index contributed by atoms with van der Waals surface area (Å²) in [5, 5.41) is 6.07. The Morgan fingerprint density at radius 3 is 2.64 bits per heavy atom. The van der Waals surface area contributed by atoms with E-state index in [1.54, 1.807) is 11.3 Å². The van der Waals surface area contributed by atoms with Crippen molar-refractivity contribution in [3.05, 3.63) is 40.5 Å². The number of hydrogen-bond donors (Lipinski definition) is 0. The van der Waals surface area contributed by atoms with Gasteiger partial charge in [-0.1, -0.05) is 42.7 Å². The number of fused-ring (bicyclic) bond motifs is 1. The second-order valence-corrected chi connectivity index (χ2v) is 7.42. The maximum absolute atomic E-state index is 4.80. The SMILES string of the molecule is Cc1ccc(-c2cn3nc(C4CCCCC4)sc3n2)cc1C. The third kappa shape index (κ3) is 2.45. The largest absolute Gasteiger partial charge is 0.217 e. The van der Waals surface area contributed by atoms with E-state index in [9.17, 15) is 0 Å². The molecule has 0 N–H and O–H groups in total. The zero-order chi connectivity index (χ0) is 15.1. The van der Waals surface area contributed by atoms with Gasteiger partial charge in [0.05, 0.1) is 11.9 Å². The average molecular weight is 311 g/mol. The highest BCUT2D eigenvalue weighted by molar-refractivity contribution is 7.16. The van der Waals surface area contributed by atoms with E-state index in [4.69, 9.17) is 10.1 Å². The molecule has 0 amide bonds. The molecule has 1 fully saturated rings. The van der Waals surface area contributed by atoms with E-state index in [0.717, 1.165) is 10.7 Å². The minimum atomic E-state index is 0.658. The lowest BCUT2D eigenvalue weighted by Gasteiger charge is -2.18. The standard InChI is InChI=1S/C18H21N3S/c1-12-8-9-15(10-13(12)2)16-11-21-18(19-16)22-17(20-21)14-6-4-3-5-7-14/h8-11,14H,3-7H2,1-2H3. The average Bonchev–Trinajstić information content (AvgIpc) is 3.09. The number of rotatable bonds is 2. The predicted molar refractivity (Wildman–Crippen MR) is 91.6 cm³/mol. The summed E-state index contributed by atoms with van der Waals surface area (Å²) in [6.07, 6.45) is 8.74. The van der Waals surface area contributed by atoms with Gasteiger partial charge in [-0.3, -0.25) is 0 Å². The van der Waals surface area contributed by atoms with Crippen LogP contribution in [0.15, 0.2) is 24.4 Å². The highest BCUT2D eigenvalue weighted by atomic mass is 32.1. The highest BCUT2D eigenvalue weighted by Gasteiger charge is 2.20. The van der Waals surface area contributed by atoms with Crippen LogP contribution in [0.4, 0.5) is 0 Å². The lowest BCUT2D eigenvalue weighted by Crippen LogP contribution is -2.04. The molecule has 0 atom stereocenters. The van der Waals surface area contributed by atoms with Gasteiger partial charge < -0.3 is 0 Å². The first kappa shape index (κ1) is 13.9. The lowest BCUT2D eigenvalue weighted by molar-refractivity contribution is 0.439. The van der Waals surface area contributed by atoms with Crippen LogP contribution in [0, 0.1) is 13.8 Å². The molecular formula is C18H21N3S. The van der Waals surface area contributed by atoms with Crippen LogP contribution in [-0.2, 0) is 0 Å². The molecule has 0 bridgehead atoms. The Hall–Kier alpha value is -1.68. The molecule has 0 spiro atoms. The summed E-state index contributed by atoms with van der Waals surface area (Å²) in [5.41, 5.74) is 4.84. The van der Waals surface area contributed by atoms with Crippen molar-refractivity contribution in [1.29, 1.82) is 0 Å². The van der Waals surface area contributed by atoms with Gasteiger partial charge in [-0.25, -0.2) is 9.50 Å². The topological polar surface area (TPSA) is 30.2 Å². The van der Waals surface area contributed by atoms with E-state index in [2.05, 4.69) is 38.2 Å². The Bertz CT molecular complexity index is 777. The number of benzene rings is 1.